The maximum atomic E-state index is 12.0. The Kier molecular flexibility index (Phi) is 7.86. The summed E-state index contributed by atoms with van der Waals surface area (Å²) in [6, 6.07) is 21.2. The third kappa shape index (κ3) is 7.42. The minimum atomic E-state index is -3.50. The third-order valence-electron chi connectivity index (χ3n) is 6.17. The van der Waals surface area contributed by atoms with Gasteiger partial charge in [-0.2, -0.15) is 9.35 Å². The van der Waals surface area contributed by atoms with Gasteiger partial charge in [0.25, 0.3) is 0 Å². The Morgan fingerprint density at radius 3 is 2.67 bits per heavy atom. The first kappa shape index (κ1) is 27.7. The molecule has 0 saturated carbocycles. The fourth-order valence-corrected chi connectivity index (χ4v) is 5.05. The predicted molar refractivity (Wildman–Crippen MR) is 162 cm³/mol. The molecule has 0 fully saturated rings. The lowest BCUT2D eigenvalue weighted by atomic mass is 10.1. The number of H-pyrrole nitrogens is 1. The quantitative estimate of drug-likeness (QED) is 0.148. The molecular formula is C29H31ClN6O3S. The highest BCUT2D eigenvalue weighted by Crippen LogP contribution is 2.32. The van der Waals surface area contributed by atoms with Crippen molar-refractivity contribution in [1.82, 2.24) is 25.3 Å². The molecule has 0 saturated heterocycles. The Labute approximate surface area is 237 Å². The van der Waals surface area contributed by atoms with Gasteiger partial charge in [-0.3, -0.25) is 4.98 Å². The molecule has 2 aromatic carbocycles. The molecule has 0 atom stereocenters. The molecule has 40 heavy (non-hydrogen) atoms. The molecule has 5 aromatic rings. The number of pyridine rings is 1. The molecule has 4 N–H and O–H groups in total. The normalized spacial score (nSPS) is 12.7. The number of aromatic nitrogens is 4. The molecule has 0 aliphatic heterocycles. The van der Waals surface area contributed by atoms with E-state index < -0.39 is 9.35 Å². The molecule has 0 unspecified atom stereocenters. The second-order valence-corrected chi connectivity index (χ2v) is 14.9. The van der Waals surface area contributed by atoms with Crippen LogP contribution in [0.1, 0.15) is 11.4 Å². The van der Waals surface area contributed by atoms with E-state index >= 15 is 0 Å². The standard InChI is InChI=1S/C29H31ClN6O3S/c1-40(2,37,38)14-13-31-17-22-7-10-26(35-22)20-6-9-27-24(15-20)29(34-19-33-27)36-21-8-11-28(25(30)16-21)39-18-23-5-3-4-12-32-23/h3-12,15-16,19,31,35H,13-14,17-18H2,1-2H3,(H,37,38)(H,33,34,36). The highest BCUT2D eigenvalue weighted by atomic mass is 35.5. The molecule has 0 aliphatic rings. The Balaban J connectivity index is 1.28. The molecule has 5 rings (SSSR count). The van der Waals surface area contributed by atoms with Crippen LogP contribution >= 0.6 is 11.6 Å². The Hall–Kier alpha value is -3.83. The molecule has 0 amide bonds. The van der Waals surface area contributed by atoms with Gasteiger partial charge >= 0.3 is 0 Å². The number of ether oxygens (including phenoxy) is 1. The van der Waals surface area contributed by atoms with Gasteiger partial charge in [-0.05, 0) is 60.2 Å². The number of fused-ring (bicyclic) bond motifs is 1. The van der Waals surface area contributed by atoms with Crippen LogP contribution in [0, 0.1) is 0 Å². The summed E-state index contributed by atoms with van der Waals surface area (Å²) < 4.78 is 27.8. The van der Waals surface area contributed by atoms with E-state index in [1.165, 1.54) is 18.8 Å². The first-order chi connectivity index (χ1) is 19.1. The number of aromatic amines is 1. The van der Waals surface area contributed by atoms with Crippen LogP contribution in [0.5, 0.6) is 5.75 Å². The van der Waals surface area contributed by atoms with Gasteiger partial charge in [0.15, 0.2) is 0 Å². The molecule has 0 aliphatic carbocycles. The third-order valence-corrected chi connectivity index (χ3v) is 7.83. The average Bonchev–Trinajstić information content (AvgIpc) is 3.39. The lowest BCUT2D eigenvalue weighted by Crippen LogP contribution is -2.37. The number of rotatable bonds is 11. The molecule has 208 valence electrons. The number of anilines is 2. The van der Waals surface area contributed by atoms with Gasteiger partial charge in [-0.1, -0.05) is 23.7 Å². The van der Waals surface area contributed by atoms with Gasteiger partial charge in [0, 0.05) is 60.0 Å². The lowest BCUT2D eigenvalue weighted by Gasteiger charge is -2.33. The van der Waals surface area contributed by atoms with Crippen LogP contribution in [0.4, 0.5) is 11.5 Å². The van der Waals surface area contributed by atoms with Crippen LogP contribution < -0.4 is 15.4 Å². The highest BCUT2D eigenvalue weighted by Gasteiger charge is 2.13. The van der Waals surface area contributed by atoms with Gasteiger partial charge in [-0.25, -0.2) is 14.2 Å². The van der Waals surface area contributed by atoms with Crippen LogP contribution in [0.15, 0.2) is 79.3 Å². The Morgan fingerprint density at radius 1 is 1.02 bits per heavy atom. The van der Waals surface area contributed by atoms with E-state index in [1.807, 2.05) is 60.7 Å². The zero-order valence-electron chi connectivity index (χ0n) is 22.2. The number of nitrogens with one attached hydrogen (secondary N) is 3. The van der Waals surface area contributed by atoms with Crippen LogP contribution in [-0.2, 0) is 22.5 Å². The van der Waals surface area contributed by atoms with Crippen molar-refractivity contribution >= 4 is 43.4 Å². The van der Waals surface area contributed by atoms with Crippen molar-refractivity contribution in [2.24, 2.45) is 0 Å². The minimum Gasteiger partial charge on any atom is -0.486 e. The summed E-state index contributed by atoms with van der Waals surface area (Å²) in [6.45, 7) is 1.34. The van der Waals surface area contributed by atoms with Crippen molar-refractivity contribution in [1.29, 1.82) is 0 Å². The van der Waals surface area contributed by atoms with Crippen molar-refractivity contribution < 1.29 is 13.5 Å². The van der Waals surface area contributed by atoms with Gasteiger partial charge in [-0.15, -0.1) is 0 Å². The second-order valence-electron chi connectivity index (χ2n) is 10.1. The van der Waals surface area contributed by atoms with Gasteiger partial charge in [0.1, 0.15) is 24.5 Å². The van der Waals surface area contributed by atoms with E-state index in [0.717, 1.165) is 39.2 Å². The molecule has 11 heteroatoms. The van der Waals surface area contributed by atoms with E-state index in [-0.39, 0.29) is 5.75 Å². The highest BCUT2D eigenvalue weighted by molar-refractivity contribution is 8.13. The van der Waals surface area contributed by atoms with Crippen molar-refractivity contribution in [3.05, 3.63) is 95.7 Å². The number of benzene rings is 2. The summed E-state index contributed by atoms with van der Waals surface area (Å²) >= 11 is 6.51. The van der Waals surface area contributed by atoms with E-state index in [1.54, 1.807) is 12.3 Å². The summed E-state index contributed by atoms with van der Waals surface area (Å²) in [5.74, 6) is 1.43. The summed E-state index contributed by atoms with van der Waals surface area (Å²) in [5.41, 5.74) is 5.29. The van der Waals surface area contributed by atoms with Crippen molar-refractivity contribution in [3.63, 3.8) is 0 Å². The fourth-order valence-electron chi connectivity index (χ4n) is 4.09. The molecular weight excluding hydrogens is 548 g/mol. The summed E-state index contributed by atoms with van der Waals surface area (Å²) in [5, 5.41) is 7.91. The van der Waals surface area contributed by atoms with Crippen LogP contribution in [0.25, 0.3) is 22.2 Å². The smallest absolute Gasteiger partial charge is 0.141 e. The van der Waals surface area contributed by atoms with Crippen molar-refractivity contribution in [2.45, 2.75) is 13.2 Å². The molecule has 0 bridgehead atoms. The van der Waals surface area contributed by atoms with Crippen LogP contribution in [-0.4, -0.2) is 53.5 Å². The van der Waals surface area contributed by atoms with Gasteiger partial charge in [0.05, 0.1) is 16.2 Å². The van der Waals surface area contributed by atoms with Gasteiger partial charge in [0.2, 0.25) is 0 Å². The number of halogens is 1. The second kappa shape index (κ2) is 11.3. The van der Waals surface area contributed by atoms with E-state index in [2.05, 4.69) is 30.6 Å². The van der Waals surface area contributed by atoms with Gasteiger partial charge < -0.3 is 24.9 Å². The van der Waals surface area contributed by atoms with Crippen molar-refractivity contribution in [2.75, 3.05) is 30.1 Å². The van der Waals surface area contributed by atoms with Crippen LogP contribution in [0.2, 0.25) is 5.02 Å². The predicted octanol–water partition coefficient (Wildman–Crippen LogP) is 5.64. The number of hydrogen-bond acceptors (Lipinski definition) is 7. The molecule has 3 heterocycles. The summed E-state index contributed by atoms with van der Waals surface area (Å²) in [6.07, 6.45) is 6.03. The Morgan fingerprint density at radius 2 is 1.90 bits per heavy atom. The topological polar surface area (TPSA) is 125 Å². The van der Waals surface area contributed by atoms with E-state index in [0.29, 0.717) is 36.3 Å². The monoisotopic (exact) mass is 578 g/mol. The minimum absolute atomic E-state index is 0.206. The molecule has 0 spiro atoms. The molecule has 3 aromatic heterocycles. The summed E-state index contributed by atoms with van der Waals surface area (Å²) in [7, 11) is -3.50. The first-order valence-electron chi connectivity index (χ1n) is 12.7. The molecule has 9 nitrogen and oxygen atoms in total. The molecule has 0 radical (unpaired) electrons. The maximum Gasteiger partial charge on any atom is 0.141 e. The van der Waals surface area contributed by atoms with Crippen molar-refractivity contribution in [3.8, 4) is 17.0 Å². The zero-order valence-corrected chi connectivity index (χ0v) is 23.8. The Bertz CT molecular complexity index is 1690. The summed E-state index contributed by atoms with van der Waals surface area (Å²) in [4.78, 5) is 16.6. The lowest BCUT2D eigenvalue weighted by molar-refractivity contribution is 0.301. The first-order valence-corrected chi connectivity index (χ1v) is 16.0. The van der Waals surface area contributed by atoms with E-state index in [4.69, 9.17) is 16.3 Å². The SMILES string of the molecule is CS(C)(=O)(O)CCNCc1ccc(-c2ccc3ncnc(Nc4ccc(OCc5ccccn5)c(Cl)c4)c3c2)[nH]1. The van der Waals surface area contributed by atoms with Crippen LogP contribution in [0.3, 0.4) is 0 Å². The zero-order chi connectivity index (χ0) is 28.2. The maximum absolute atomic E-state index is 12.0. The largest absolute Gasteiger partial charge is 0.486 e. The fraction of sp³-hybridized carbons (Fsp3) is 0.207. The average molecular weight is 579 g/mol. The number of nitrogens with zero attached hydrogens (tertiary/aromatic N) is 3. The van der Waals surface area contributed by atoms with E-state index in [9.17, 15) is 8.76 Å². The number of hydrogen-bond donors (Lipinski definition) is 4.